The van der Waals surface area contributed by atoms with E-state index in [0.717, 1.165) is 50.0 Å². The molecule has 0 spiro atoms. The molecule has 5 nitrogen and oxygen atoms in total. The van der Waals surface area contributed by atoms with Crippen LogP contribution in [0.3, 0.4) is 0 Å². The van der Waals surface area contributed by atoms with E-state index in [9.17, 15) is 8.42 Å². The van der Waals surface area contributed by atoms with Crippen molar-refractivity contribution in [1.82, 2.24) is 14.3 Å². The number of aromatic nitrogens is 2. The van der Waals surface area contributed by atoms with Gasteiger partial charge >= 0.3 is 0 Å². The molecule has 0 saturated carbocycles. The Labute approximate surface area is 121 Å². The summed E-state index contributed by atoms with van der Waals surface area (Å²) in [6, 6.07) is 0.399. The molecule has 0 radical (unpaired) electrons. The van der Waals surface area contributed by atoms with Crippen LogP contribution in [0.5, 0.6) is 0 Å². The highest BCUT2D eigenvalue weighted by Gasteiger charge is 2.30. The van der Waals surface area contributed by atoms with E-state index < -0.39 is 10.0 Å². The van der Waals surface area contributed by atoms with E-state index in [2.05, 4.69) is 21.2 Å². The third kappa shape index (κ3) is 2.76. The number of aryl methyl sites for hydroxylation is 1. The number of hydrogen-bond acceptors (Lipinski definition) is 3. The molecular formula is C14H25N3O2S. The van der Waals surface area contributed by atoms with Gasteiger partial charge in [0.25, 0.3) is 10.0 Å². The third-order valence-electron chi connectivity index (χ3n) is 3.95. The van der Waals surface area contributed by atoms with Crippen LogP contribution in [0.4, 0.5) is 0 Å². The molecule has 0 aromatic carbocycles. The summed E-state index contributed by atoms with van der Waals surface area (Å²) in [5.74, 6) is 0.906. The molecular weight excluding hydrogens is 274 g/mol. The lowest BCUT2D eigenvalue weighted by atomic mass is 10.0. The zero-order chi connectivity index (χ0) is 14.8. The van der Waals surface area contributed by atoms with Gasteiger partial charge < -0.3 is 4.57 Å². The molecule has 1 aliphatic rings. The average molecular weight is 299 g/mol. The van der Waals surface area contributed by atoms with Crippen molar-refractivity contribution in [3.63, 3.8) is 0 Å². The van der Waals surface area contributed by atoms with E-state index in [1.807, 2.05) is 13.8 Å². The number of sulfonamides is 1. The van der Waals surface area contributed by atoms with Crippen molar-refractivity contribution < 1.29 is 8.42 Å². The second-order valence-corrected chi connectivity index (χ2v) is 7.04. The first-order valence-corrected chi connectivity index (χ1v) is 9.13. The summed E-state index contributed by atoms with van der Waals surface area (Å²) >= 11 is 0. The Hall–Kier alpha value is -0.880. The Morgan fingerprint density at radius 3 is 2.70 bits per heavy atom. The molecule has 20 heavy (non-hydrogen) atoms. The van der Waals surface area contributed by atoms with Gasteiger partial charge in [-0.15, -0.1) is 0 Å². The molecule has 1 unspecified atom stereocenters. The van der Waals surface area contributed by atoms with Gasteiger partial charge in [-0.1, -0.05) is 20.8 Å². The van der Waals surface area contributed by atoms with Gasteiger partial charge in [0, 0.05) is 19.0 Å². The van der Waals surface area contributed by atoms with Crippen molar-refractivity contribution in [2.45, 2.75) is 70.4 Å². The summed E-state index contributed by atoms with van der Waals surface area (Å²) in [4.78, 5) is 4.45. The zero-order valence-electron chi connectivity index (χ0n) is 12.6. The summed E-state index contributed by atoms with van der Waals surface area (Å²) in [5.41, 5.74) is 0.906. The van der Waals surface area contributed by atoms with E-state index in [-0.39, 0.29) is 5.03 Å². The Bertz CT molecular complexity index is 563. The summed E-state index contributed by atoms with van der Waals surface area (Å²) in [6.45, 7) is 6.61. The van der Waals surface area contributed by atoms with Gasteiger partial charge in [-0.3, -0.25) is 0 Å². The predicted molar refractivity (Wildman–Crippen MR) is 79.4 cm³/mol. The van der Waals surface area contributed by atoms with Crippen molar-refractivity contribution in [3.8, 4) is 0 Å². The van der Waals surface area contributed by atoms with Gasteiger partial charge in [-0.2, -0.15) is 0 Å². The number of fused-ring (bicyclic) bond motifs is 1. The van der Waals surface area contributed by atoms with Gasteiger partial charge in [0.2, 0.25) is 0 Å². The van der Waals surface area contributed by atoms with Crippen LogP contribution in [0, 0.1) is 0 Å². The topological polar surface area (TPSA) is 64.0 Å². The lowest BCUT2D eigenvalue weighted by Crippen LogP contribution is -2.27. The Morgan fingerprint density at radius 2 is 2.10 bits per heavy atom. The van der Waals surface area contributed by atoms with Crippen molar-refractivity contribution in [1.29, 1.82) is 0 Å². The highest BCUT2D eigenvalue weighted by Crippen LogP contribution is 2.32. The molecule has 1 N–H and O–H groups in total. The molecule has 1 aliphatic heterocycles. The predicted octanol–water partition coefficient (Wildman–Crippen LogP) is 2.42. The standard InChI is InChI=1S/C14H25N3O2S/c1-4-10-15-20(18,19)14-12-9-7-8-11(5-2)17(12)13(6-3)16-14/h11,15H,4-10H2,1-3H3. The van der Waals surface area contributed by atoms with Crippen LogP contribution < -0.4 is 4.72 Å². The monoisotopic (exact) mass is 299 g/mol. The van der Waals surface area contributed by atoms with Gasteiger partial charge in [0.05, 0.1) is 5.69 Å². The molecule has 0 amide bonds. The molecule has 0 aliphatic carbocycles. The highest BCUT2D eigenvalue weighted by molar-refractivity contribution is 7.89. The largest absolute Gasteiger partial charge is 0.328 e. The Morgan fingerprint density at radius 1 is 1.35 bits per heavy atom. The minimum atomic E-state index is -3.47. The number of nitrogens with zero attached hydrogens (tertiary/aromatic N) is 2. The van der Waals surface area contributed by atoms with Gasteiger partial charge in [0.15, 0.2) is 5.03 Å². The maximum absolute atomic E-state index is 12.4. The maximum atomic E-state index is 12.4. The molecule has 0 fully saturated rings. The Kier molecular flexibility index (Phi) is 4.86. The summed E-state index contributed by atoms with van der Waals surface area (Å²) in [5, 5.41) is 0.265. The summed E-state index contributed by atoms with van der Waals surface area (Å²) in [6.07, 6.45) is 5.56. The first kappa shape index (κ1) is 15.5. The SMILES string of the molecule is CCCNS(=O)(=O)c1nc(CC)n2c1CCCC2CC. The fourth-order valence-electron chi connectivity index (χ4n) is 2.94. The van der Waals surface area contributed by atoms with Crippen LogP contribution in [0.2, 0.25) is 0 Å². The molecule has 2 rings (SSSR count). The first-order chi connectivity index (χ1) is 9.55. The third-order valence-corrected chi connectivity index (χ3v) is 5.37. The highest BCUT2D eigenvalue weighted by atomic mass is 32.2. The molecule has 2 heterocycles. The van der Waals surface area contributed by atoms with Crippen LogP contribution >= 0.6 is 0 Å². The van der Waals surface area contributed by atoms with E-state index in [0.29, 0.717) is 12.6 Å². The normalized spacial score (nSPS) is 19.1. The number of rotatable bonds is 6. The first-order valence-electron chi connectivity index (χ1n) is 7.64. The number of nitrogens with one attached hydrogen (secondary N) is 1. The van der Waals surface area contributed by atoms with Crippen LogP contribution in [-0.4, -0.2) is 24.5 Å². The number of hydrogen-bond donors (Lipinski definition) is 1. The van der Waals surface area contributed by atoms with Gasteiger partial charge in [-0.25, -0.2) is 18.1 Å². The molecule has 0 saturated heterocycles. The molecule has 6 heteroatoms. The van der Waals surface area contributed by atoms with Crippen LogP contribution in [0.15, 0.2) is 5.03 Å². The maximum Gasteiger partial charge on any atom is 0.259 e. The molecule has 114 valence electrons. The number of imidazole rings is 1. The molecule has 1 aromatic heterocycles. The van der Waals surface area contributed by atoms with Crippen molar-refractivity contribution in [2.75, 3.05) is 6.54 Å². The van der Waals surface area contributed by atoms with Gasteiger partial charge in [0.1, 0.15) is 5.82 Å². The van der Waals surface area contributed by atoms with E-state index >= 15 is 0 Å². The quantitative estimate of drug-likeness (QED) is 0.877. The van der Waals surface area contributed by atoms with Crippen LogP contribution in [0.1, 0.15) is 64.0 Å². The van der Waals surface area contributed by atoms with Crippen molar-refractivity contribution in [3.05, 3.63) is 11.5 Å². The van der Waals surface area contributed by atoms with E-state index in [1.165, 1.54) is 0 Å². The van der Waals surface area contributed by atoms with E-state index in [1.54, 1.807) is 0 Å². The average Bonchev–Trinajstić information content (AvgIpc) is 2.84. The minimum Gasteiger partial charge on any atom is -0.328 e. The van der Waals surface area contributed by atoms with E-state index in [4.69, 9.17) is 0 Å². The summed E-state index contributed by atoms with van der Waals surface area (Å²) in [7, 11) is -3.47. The molecule has 1 atom stereocenters. The summed E-state index contributed by atoms with van der Waals surface area (Å²) < 4.78 is 29.6. The Balaban J connectivity index is 2.48. The second kappa shape index (κ2) is 6.26. The van der Waals surface area contributed by atoms with Crippen molar-refractivity contribution in [2.24, 2.45) is 0 Å². The lowest BCUT2D eigenvalue weighted by molar-refractivity contribution is 0.378. The van der Waals surface area contributed by atoms with Crippen LogP contribution in [-0.2, 0) is 22.9 Å². The fourth-order valence-corrected chi connectivity index (χ4v) is 4.29. The van der Waals surface area contributed by atoms with Crippen LogP contribution in [0.25, 0.3) is 0 Å². The lowest BCUT2D eigenvalue weighted by Gasteiger charge is -2.26. The second-order valence-electron chi connectivity index (χ2n) is 5.36. The zero-order valence-corrected chi connectivity index (χ0v) is 13.5. The van der Waals surface area contributed by atoms with Crippen molar-refractivity contribution >= 4 is 10.0 Å². The minimum absolute atomic E-state index is 0.265. The fraction of sp³-hybridized carbons (Fsp3) is 0.786. The van der Waals surface area contributed by atoms with Gasteiger partial charge in [-0.05, 0) is 32.1 Å². The smallest absolute Gasteiger partial charge is 0.259 e. The molecule has 0 bridgehead atoms. The molecule has 1 aromatic rings.